The summed E-state index contributed by atoms with van der Waals surface area (Å²) in [7, 11) is -3.89. The average Bonchev–Trinajstić information content (AvgIpc) is 2.42. The number of rotatable bonds is 4. The molecule has 0 heterocycles. The monoisotopic (exact) mass is 336 g/mol. The predicted molar refractivity (Wildman–Crippen MR) is 87.4 cm³/mol. The maximum atomic E-state index is 13.6. The number of halogens is 1. The van der Waals surface area contributed by atoms with Crippen molar-refractivity contribution in [3.05, 3.63) is 53.3 Å². The van der Waals surface area contributed by atoms with Gasteiger partial charge < -0.3 is 5.32 Å². The first kappa shape index (κ1) is 17.0. The minimum Gasteiger partial charge on any atom is -0.324 e. The zero-order valence-electron chi connectivity index (χ0n) is 13.0. The first-order chi connectivity index (χ1) is 10.7. The summed E-state index contributed by atoms with van der Waals surface area (Å²) >= 11 is 0. The van der Waals surface area contributed by atoms with Crippen LogP contribution in [0.3, 0.4) is 0 Å². The van der Waals surface area contributed by atoms with Gasteiger partial charge in [-0.1, -0.05) is 17.7 Å². The summed E-state index contributed by atoms with van der Waals surface area (Å²) in [6.07, 6.45) is 0. The van der Waals surface area contributed by atoms with Gasteiger partial charge in [-0.05, 0) is 37.6 Å². The highest BCUT2D eigenvalue weighted by Crippen LogP contribution is 2.29. The van der Waals surface area contributed by atoms with E-state index in [9.17, 15) is 17.6 Å². The van der Waals surface area contributed by atoms with E-state index in [2.05, 4.69) is 10.0 Å². The molecule has 0 aliphatic carbocycles. The lowest BCUT2D eigenvalue weighted by molar-refractivity contribution is -0.114. The molecule has 5 nitrogen and oxygen atoms in total. The van der Waals surface area contributed by atoms with Gasteiger partial charge in [0, 0.05) is 13.0 Å². The minimum absolute atomic E-state index is 0.0155. The highest BCUT2D eigenvalue weighted by Gasteiger charge is 2.18. The zero-order chi connectivity index (χ0) is 17.2. The molecule has 0 saturated heterocycles. The number of hydrogen-bond acceptors (Lipinski definition) is 3. The smallest absolute Gasteiger partial charge is 0.261 e. The highest BCUT2D eigenvalue weighted by molar-refractivity contribution is 7.92. The van der Waals surface area contributed by atoms with Crippen molar-refractivity contribution in [1.82, 2.24) is 0 Å². The molecule has 23 heavy (non-hydrogen) atoms. The number of benzene rings is 2. The van der Waals surface area contributed by atoms with Crippen molar-refractivity contribution >= 4 is 27.3 Å². The van der Waals surface area contributed by atoms with E-state index in [1.165, 1.54) is 25.1 Å². The Hall–Kier alpha value is -2.41. The standard InChI is InChI=1S/C16H17FN2O3S/c1-10-4-6-14(7-5-10)23(21,22)19-15-9-13(17)8-11(2)16(15)18-12(3)20/h4-9,19H,1-3H3,(H,18,20). The quantitative estimate of drug-likeness (QED) is 0.900. The minimum atomic E-state index is -3.89. The highest BCUT2D eigenvalue weighted by atomic mass is 32.2. The second-order valence-corrected chi connectivity index (χ2v) is 6.93. The van der Waals surface area contributed by atoms with E-state index >= 15 is 0 Å². The molecule has 2 rings (SSSR count). The molecular formula is C16H17FN2O3S. The number of hydrogen-bond donors (Lipinski definition) is 2. The van der Waals surface area contributed by atoms with Gasteiger partial charge >= 0.3 is 0 Å². The van der Waals surface area contributed by atoms with Crippen LogP contribution in [0, 0.1) is 19.7 Å². The molecular weight excluding hydrogens is 319 g/mol. The summed E-state index contributed by atoms with van der Waals surface area (Å²) < 4.78 is 40.8. The summed E-state index contributed by atoms with van der Waals surface area (Å²) in [5.74, 6) is -0.978. The summed E-state index contributed by atoms with van der Waals surface area (Å²) in [4.78, 5) is 11.3. The van der Waals surface area contributed by atoms with Gasteiger partial charge in [0.25, 0.3) is 10.0 Å². The van der Waals surface area contributed by atoms with Crippen molar-refractivity contribution in [2.45, 2.75) is 25.7 Å². The van der Waals surface area contributed by atoms with Gasteiger partial charge in [0.1, 0.15) is 5.82 Å². The number of carbonyl (C=O) groups is 1. The largest absolute Gasteiger partial charge is 0.324 e. The summed E-state index contributed by atoms with van der Waals surface area (Å²) in [5.41, 5.74) is 1.55. The Labute approximate surface area is 134 Å². The van der Waals surface area contributed by atoms with E-state index in [0.29, 0.717) is 5.56 Å². The van der Waals surface area contributed by atoms with Crippen LogP contribution in [-0.2, 0) is 14.8 Å². The van der Waals surface area contributed by atoms with E-state index in [4.69, 9.17) is 0 Å². The van der Waals surface area contributed by atoms with Crippen LogP contribution in [0.25, 0.3) is 0 Å². The van der Waals surface area contributed by atoms with Crippen molar-refractivity contribution in [3.8, 4) is 0 Å². The third kappa shape index (κ3) is 4.07. The van der Waals surface area contributed by atoms with Gasteiger partial charge in [0.05, 0.1) is 16.3 Å². The fraction of sp³-hybridized carbons (Fsp3) is 0.188. The summed E-state index contributed by atoms with van der Waals surface area (Å²) in [6.45, 7) is 4.72. The lowest BCUT2D eigenvalue weighted by atomic mass is 10.1. The summed E-state index contributed by atoms with van der Waals surface area (Å²) in [5, 5.41) is 2.52. The molecule has 0 aliphatic rings. The van der Waals surface area contributed by atoms with Gasteiger partial charge in [0.15, 0.2) is 0 Å². The number of carbonyl (C=O) groups excluding carboxylic acids is 1. The van der Waals surface area contributed by atoms with Crippen LogP contribution < -0.4 is 10.0 Å². The Balaban J connectivity index is 2.46. The van der Waals surface area contributed by atoms with Crippen molar-refractivity contribution in [1.29, 1.82) is 0 Å². The molecule has 2 aromatic rings. The van der Waals surface area contributed by atoms with Gasteiger partial charge in [-0.25, -0.2) is 12.8 Å². The van der Waals surface area contributed by atoms with Crippen LogP contribution in [0.15, 0.2) is 41.3 Å². The molecule has 0 radical (unpaired) electrons. The molecule has 0 unspecified atom stereocenters. The number of aryl methyl sites for hydroxylation is 2. The molecule has 1 amide bonds. The number of sulfonamides is 1. The van der Waals surface area contributed by atoms with Crippen LogP contribution >= 0.6 is 0 Å². The SMILES string of the molecule is CC(=O)Nc1c(C)cc(F)cc1NS(=O)(=O)c1ccc(C)cc1. The average molecular weight is 336 g/mol. The van der Waals surface area contributed by atoms with Crippen LogP contribution in [0.5, 0.6) is 0 Å². The fourth-order valence-corrected chi connectivity index (χ4v) is 3.15. The lowest BCUT2D eigenvalue weighted by Gasteiger charge is -2.15. The second-order valence-electron chi connectivity index (χ2n) is 5.24. The Bertz CT molecular complexity index is 846. The van der Waals surface area contributed by atoms with Crippen molar-refractivity contribution in [2.24, 2.45) is 0 Å². The van der Waals surface area contributed by atoms with E-state index in [0.717, 1.165) is 11.6 Å². The van der Waals surface area contributed by atoms with E-state index in [1.54, 1.807) is 19.1 Å². The zero-order valence-corrected chi connectivity index (χ0v) is 13.8. The maximum absolute atomic E-state index is 13.6. The maximum Gasteiger partial charge on any atom is 0.261 e. The molecule has 7 heteroatoms. The van der Waals surface area contributed by atoms with Crippen molar-refractivity contribution < 1.29 is 17.6 Å². The van der Waals surface area contributed by atoms with E-state index in [1.807, 2.05) is 6.92 Å². The van der Waals surface area contributed by atoms with Gasteiger partial charge in [-0.2, -0.15) is 0 Å². The van der Waals surface area contributed by atoms with E-state index in [-0.39, 0.29) is 22.2 Å². The molecule has 2 aromatic carbocycles. The molecule has 0 aromatic heterocycles. The van der Waals surface area contributed by atoms with Crippen LogP contribution in [0.1, 0.15) is 18.1 Å². The van der Waals surface area contributed by atoms with Gasteiger partial charge in [-0.15, -0.1) is 0 Å². The van der Waals surface area contributed by atoms with Crippen molar-refractivity contribution in [3.63, 3.8) is 0 Å². The first-order valence-electron chi connectivity index (χ1n) is 6.86. The Morgan fingerprint density at radius 3 is 2.26 bits per heavy atom. The number of nitrogens with one attached hydrogen (secondary N) is 2. The normalized spacial score (nSPS) is 11.1. The van der Waals surface area contributed by atoms with Crippen LogP contribution in [-0.4, -0.2) is 14.3 Å². The van der Waals surface area contributed by atoms with Crippen molar-refractivity contribution in [2.75, 3.05) is 10.0 Å². The molecule has 0 spiro atoms. The van der Waals surface area contributed by atoms with E-state index < -0.39 is 15.8 Å². The molecule has 0 saturated carbocycles. The Morgan fingerprint density at radius 2 is 1.70 bits per heavy atom. The molecule has 0 bridgehead atoms. The van der Waals surface area contributed by atoms with Crippen LogP contribution in [0.2, 0.25) is 0 Å². The topological polar surface area (TPSA) is 75.3 Å². The predicted octanol–water partition coefficient (Wildman–Crippen LogP) is 3.20. The third-order valence-corrected chi connectivity index (χ3v) is 4.56. The molecule has 0 fully saturated rings. The van der Waals surface area contributed by atoms with Gasteiger partial charge in [-0.3, -0.25) is 9.52 Å². The number of amides is 1. The third-order valence-electron chi connectivity index (χ3n) is 3.18. The molecule has 2 N–H and O–H groups in total. The molecule has 122 valence electrons. The fourth-order valence-electron chi connectivity index (χ4n) is 2.09. The van der Waals surface area contributed by atoms with Gasteiger partial charge in [0.2, 0.25) is 5.91 Å². The number of anilines is 2. The second kappa shape index (κ2) is 6.37. The summed E-state index contributed by atoms with van der Waals surface area (Å²) in [6, 6.07) is 8.50. The van der Waals surface area contributed by atoms with Crippen LogP contribution in [0.4, 0.5) is 15.8 Å². The molecule has 0 atom stereocenters. The lowest BCUT2D eigenvalue weighted by Crippen LogP contribution is -2.16. The first-order valence-corrected chi connectivity index (χ1v) is 8.34. The Kier molecular flexibility index (Phi) is 4.70. The Morgan fingerprint density at radius 1 is 1.09 bits per heavy atom. The molecule has 0 aliphatic heterocycles.